The molecule has 6 rings (SSSR count). The molecule has 1 N–H and O–H groups in total. The maximum atomic E-state index is 16.1. The zero-order chi connectivity index (χ0) is 32.8. The third-order valence-corrected chi connectivity index (χ3v) is 10.7. The minimum atomic E-state index is -3.84. The second kappa shape index (κ2) is 12.3. The fourth-order valence-corrected chi connectivity index (χ4v) is 7.83. The highest BCUT2D eigenvalue weighted by atomic mass is 32.2. The van der Waals surface area contributed by atoms with Gasteiger partial charge >= 0.3 is 0 Å². The molecule has 1 aliphatic carbocycles. The quantitative estimate of drug-likeness (QED) is 0.201. The average molecular weight is 648 g/mol. The van der Waals surface area contributed by atoms with Crippen molar-refractivity contribution in [1.82, 2.24) is 19.1 Å². The van der Waals surface area contributed by atoms with Crippen molar-refractivity contribution in [1.29, 1.82) is 0 Å². The number of fused-ring (bicyclic) bond motifs is 1. The molecule has 3 heterocycles. The fourth-order valence-electron chi connectivity index (χ4n) is 6.23. The zero-order valence-corrected chi connectivity index (χ0v) is 28.1. The van der Waals surface area contributed by atoms with Crippen LogP contribution in [0, 0.1) is 5.82 Å². The van der Waals surface area contributed by atoms with E-state index in [0.29, 0.717) is 17.5 Å². The normalized spacial score (nSPS) is 19.4. The van der Waals surface area contributed by atoms with Gasteiger partial charge in [0.15, 0.2) is 5.82 Å². The van der Waals surface area contributed by atoms with Crippen LogP contribution in [0.5, 0.6) is 11.5 Å². The van der Waals surface area contributed by atoms with Crippen LogP contribution in [-0.4, -0.2) is 40.7 Å². The number of methoxy groups -OCH3 is 1. The lowest BCUT2D eigenvalue weighted by atomic mass is 10.0. The van der Waals surface area contributed by atoms with Crippen LogP contribution in [-0.2, 0) is 28.7 Å². The summed E-state index contributed by atoms with van der Waals surface area (Å²) in [4.78, 5) is 4.35. The number of aromatic nitrogens is 3. The van der Waals surface area contributed by atoms with Crippen LogP contribution in [0.4, 0.5) is 15.9 Å². The van der Waals surface area contributed by atoms with Crippen LogP contribution in [0.1, 0.15) is 88.1 Å². The van der Waals surface area contributed by atoms with Crippen molar-refractivity contribution in [3.05, 3.63) is 89.1 Å². The van der Waals surface area contributed by atoms with E-state index in [2.05, 4.69) is 30.2 Å². The average Bonchev–Trinajstić information content (AvgIpc) is 3.72. The Balaban J connectivity index is 1.20. The molecule has 0 amide bonds. The highest BCUT2D eigenvalue weighted by molar-refractivity contribution is 7.89. The topological polar surface area (TPSA) is 98.6 Å². The molecule has 2 aromatic carbocycles. The molecule has 2 aromatic heterocycles. The van der Waals surface area contributed by atoms with Crippen LogP contribution in [0.2, 0.25) is 0 Å². The first-order chi connectivity index (χ1) is 21.8. The van der Waals surface area contributed by atoms with Crippen LogP contribution in [0.15, 0.2) is 65.8 Å². The number of benzene rings is 2. The first kappa shape index (κ1) is 32.0. The summed E-state index contributed by atoms with van der Waals surface area (Å²) < 4.78 is 57.5. The maximum absolute atomic E-state index is 16.1. The third-order valence-electron chi connectivity index (χ3n) is 8.80. The van der Waals surface area contributed by atoms with E-state index in [4.69, 9.17) is 14.6 Å². The van der Waals surface area contributed by atoms with Crippen LogP contribution < -0.4 is 14.8 Å². The first-order valence-corrected chi connectivity index (χ1v) is 17.2. The lowest BCUT2D eigenvalue weighted by Gasteiger charge is -2.23. The molecule has 4 aromatic rings. The Kier molecular flexibility index (Phi) is 8.58. The number of rotatable bonds is 9. The monoisotopic (exact) mass is 647 g/mol. The smallest absolute Gasteiger partial charge is 0.244 e. The second-order valence-electron chi connectivity index (χ2n) is 13.5. The van der Waals surface area contributed by atoms with E-state index < -0.39 is 15.8 Å². The van der Waals surface area contributed by atoms with Crippen molar-refractivity contribution >= 4 is 21.5 Å². The number of hydrogen-bond acceptors (Lipinski definition) is 7. The molecule has 1 aliphatic heterocycles. The fraction of sp³-hybridized carbons (Fsp3) is 0.429. The summed E-state index contributed by atoms with van der Waals surface area (Å²) in [6.45, 7) is 10.5. The van der Waals surface area contributed by atoms with Gasteiger partial charge in [-0.3, -0.25) is 4.98 Å². The highest BCUT2D eigenvalue weighted by Gasteiger charge is 2.38. The Bertz CT molecular complexity index is 1830. The molecule has 2 atom stereocenters. The van der Waals surface area contributed by atoms with Gasteiger partial charge in [-0.15, -0.1) is 0 Å². The number of anilines is 2. The van der Waals surface area contributed by atoms with Crippen molar-refractivity contribution < 1.29 is 22.3 Å². The van der Waals surface area contributed by atoms with E-state index in [1.807, 2.05) is 49.8 Å². The van der Waals surface area contributed by atoms with Gasteiger partial charge in [0.1, 0.15) is 17.3 Å². The molecule has 2 aliphatic rings. The van der Waals surface area contributed by atoms with Crippen LogP contribution in [0.25, 0.3) is 0 Å². The molecule has 1 fully saturated rings. The number of halogens is 1. The summed E-state index contributed by atoms with van der Waals surface area (Å²) in [5, 5.41) is 8.24. The molecule has 0 radical (unpaired) electrons. The number of ether oxygens (including phenoxy) is 2. The Morgan fingerprint density at radius 1 is 1.04 bits per heavy atom. The molecule has 0 bridgehead atoms. The Labute approximate surface area is 270 Å². The van der Waals surface area contributed by atoms with E-state index in [9.17, 15) is 8.42 Å². The van der Waals surface area contributed by atoms with Crippen molar-refractivity contribution in [2.24, 2.45) is 0 Å². The van der Waals surface area contributed by atoms with Gasteiger partial charge < -0.3 is 14.8 Å². The summed E-state index contributed by atoms with van der Waals surface area (Å²) >= 11 is 0. The number of sulfonamides is 1. The molecule has 244 valence electrons. The van der Waals surface area contributed by atoms with Crippen molar-refractivity contribution in [3.63, 3.8) is 0 Å². The summed E-state index contributed by atoms with van der Waals surface area (Å²) in [7, 11) is -2.27. The number of hydrogen-bond donors (Lipinski definition) is 1. The molecule has 11 heteroatoms. The summed E-state index contributed by atoms with van der Waals surface area (Å²) in [5.74, 6) is 2.11. The van der Waals surface area contributed by atoms with E-state index in [1.165, 1.54) is 16.4 Å². The number of nitrogens with zero attached hydrogens (tertiary/aromatic N) is 4. The van der Waals surface area contributed by atoms with E-state index in [0.717, 1.165) is 41.8 Å². The minimum Gasteiger partial charge on any atom is -0.497 e. The molecule has 1 saturated carbocycles. The molecule has 0 spiro atoms. The van der Waals surface area contributed by atoms with Crippen molar-refractivity contribution in [2.75, 3.05) is 12.4 Å². The first-order valence-electron chi connectivity index (χ1n) is 15.8. The summed E-state index contributed by atoms with van der Waals surface area (Å²) in [6.07, 6.45) is 6.36. The molecule has 46 heavy (non-hydrogen) atoms. The molecular formula is C35H42FN5O4S. The molecule has 0 saturated heterocycles. The predicted octanol–water partition coefficient (Wildman–Crippen LogP) is 7.47. The minimum absolute atomic E-state index is 0.000193. The Morgan fingerprint density at radius 3 is 2.50 bits per heavy atom. The summed E-state index contributed by atoms with van der Waals surface area (Å²) in [5.41, 5.74) is 2.84. The molecule has 2 unspecified atom stereocenters. The molecule has 9 nitrogen and oxygen atoms in total. The van der Waals surface area contributed by atoms with Gasteiger partial charge in [0.25, 0.3) is 0 Å². The number of nitrogens with one attached hydrogen (secondary N) is 1. The standard InChI is InChI=1S/C35H42FN5O4S/c1-22(2)25-16-28(19-37-18-25)45-27-12-9-24(15-27)31-17-33(41(39-31)35(3,4)5)38-30-13-14-32-29(34(30)36)21-40(46(32,42)43)20-23-7-10-26(44-6)11-8-23/h7-8,10-11,13-14,16-19,22,24,27,38H,9,12,15,20-21H2,1-6H3. The van der Waals surface area contributed by atoms with Gasteiger partial charge in [-0.2, -0.15) is 9.40 Å². The lowest BCUT2D eigenvalue weighted by Crippen LogP contribution is -2.25. The highest BCUT2D eigenvalue weighted by Crippen LogP contribution is 2.40. The van der Waals surface area contributed by atoms with Gasteiger partial charge in [-0.1, -0.05) is 26.0 Å². The van der Waals surface area contributed by atoms with Crippen molar-refractivity contribution in [3.8, 4) is 11.5 Å². The van der Waals surface area contributed by atoms with Gasteiger partial charge in [-0.25, -0.2) is 17.5 Å². The molecular weight excluding hydrogens is 605 g/mol. The zero-order valence-electron chi connectivity index (χ0n) is 27.2. The number of pyridine rings is 1. The van der Waals surface area contributed by atoms with Crippen molar-refractivity contribution in [2.45, 2.75) is 95.3 Å². The van der Waals surface area contributed by atoms with Crippen LogP contribution >= 0.6 is 0 Å². The lowest BCUT2D eigenvalue weighted by molar-refractivity contribution is 0.207. The SMILES string of the molecule is COc1ccc(CN2Cc3c(ccc(Nc4cc(C5CCC(Oc6cncc(C(C)C)c6)C5)nn4C(C)(C)C)c3F)S2(=O)=O)cc1. The summed E-state index contributed by atoms with van der Waals surface area (Å²) in [6, 6.07) is 14.2. The van der Waals surface area contributed by atoms with Gasteiger partial charge in [0.2, 0.25) is 10.0 Å². The van der Waals surface area contributed by atoms with E-state index in [-0.39, 0.29) is 46.8 Å². The van der Waals surface area contributed by atoms with E-state index >= 15 is 4.39 Å². The second-order valence-corrected chi connectivity index (χ2v) is 15.5. The maximum Gasteiger partial charge on any atom is 0.244 e. The predicted molar refractivity (Wildman–Crippen MR) is 176 cm³/mol. The van der Waals surface area contributed by atoms with Gasteiger partial charge in [-0.05, 0) is 87.4 Å². The van der Waals surface area contributed by atoms with Gasteiger partial charge in [0, 0.05) is 36.8 Å². The van der Waals surface area contributed by atoms with Gasteiger partial charge in [0.05, 0.1) is 41.2 Å². The Morgan fingerprint density at radius 2 is 1.80 bits per heavy atom. The van der Waals surface area contributed by atoms with E-state index in [1.54, 1.807) is 25.4 Å². The largest absolute Gasteiger partial charge is 0.497 e. The third kappa shape index (κ3) is 6.35. The van der Waals surface area contributed by atoms with Crippen LogP contribution in [0.3, 0.4) is 0 Å². The Hall–Kier alpha value is -3.96.